The van der Waals surface area contributed by atoms with Crippen LogP contribution in [0.4, 0.5) is 11.4 Å². The van der Waals surface area contributed by atoms with Gasteiger partial charge in [0.15, 0.2) is 0 Å². The molecular weight excluding hydrogens is 256 g/mol. The predicted octanol–water partition coefficient (Wildman–Crippen LogP) is 2.54. The highest BCUT2D eigenvalue weighted by Crippen LogP contribution is 2.28. The molecule has 2 aromatic rings. The number of rotatable bonds is 3. The average Bonchev–Trinajstić information content (AvgIpc) is 2.42. The topological polar surface area (TPSA) is 84.6 Å². The second-order valence-electron chi connectivity index (χ2n) is 4.36. The molecule has 0 aromatic heterocycles. The zero-order valence-electron chi connectivity index (χ0n) is 11.3. The average molecular weight is 272 g/mol. The summed E-state index contributed by atoms with van der Waals surface area (Å²) in [7, 11) is 1.51. The number of aromatic hydroxyl groups is 1. The number of anilines is 2. The Hall–Kier alpha value is -2.69. The summed E-state index contributed by atoms with van der Waals surface area (Å²) >= 11 is 0. The highest BCUT2D eigenvalue weighted by atomic mass is 16.5. The third kappa shape index (κ3) is 2.66. The molecule has 0 aliphatic heterocycles. The lowest BCUT2D eigenvalue weighted by molar-refractivity contribution is 0.102. The summed E-state index contributed by atoms with van der Waals surface area (Å²) in [4.78, 5) is 12.2. The number of carbonyl (C=O) groups is 1. The van der Waals surface area contributed by atoms with Gasteiger partial charge in [-0.05, 0) is 37.3 Å². The minimum absolute atomic E-state index is 0.0807. The van der Waals surface area contributed by atoms with Gasteiger partial charge in [0.2, 0.25) is 0 Å². The summed E-state index contributed by atoms with van der Waals surface area (Å²) in [5.74, 6) is 0.268. The minimum atomic E-state index is -0.331. The summed E-state index contributed by atoms with van der Waals surface area (Å²) in [5, 5.41) is 12.4. The van der Waals surface area contributed by atoms with Crippen LogP contribution in [0.25, 0.3) is 0 Å². The van der Waals surface area contributed by atoms with Crippen molar-refractivity contribution in [2.24, 2.45) is 0 Å². The molecule has 0 bridgehead atoms. The van der Waals surface area contributed by atoms with E-state index >= 15 is 0 Å². The summed E-state index contributed by atoms with van der Waals surface area (Å²) in [6.45, 7) is 1.68. The fourth-order valence-electron chi connectivity index (χ4n) is 1.88. The van der Waals surface area contributed by atoms with Crippen LogP contribution >= 0.6 is 0 Å². The third-order valence-corrected chi connectivity index (χ3v) is 3.02. The van der Waals surface area contributed by atoms with Crippen LogP contribution in [0.5, 0.6) is 11.5 Å². The molecule has 0 radical (unpaired) electrons. The van der Waals surface area contributed by atoms with Gasteiger partial charge in [0, 0.05) is 16.8 Å². The van der Waals surface area contributed by atoms with Gasteiger partial charge in [-0.2, -0.15) is 0 Å². The van der Waals surface area contributed by atoms with E-state index in [9.17, 15) is 9.90 Å². The van der Waals surface area contributed by atoms with Crippen molar-refractivity contribution in [2.75, 3.05) is 18.2 Å². The van der Waals surface area contributed by atoms with E-state index in [1.165, 1.54) is 13.2 Å². The van der Waals surface area contributed by atoms with Crippen molar-refractivity contribution in [1.82, 2.24) is 0 Å². The van der Waals surface area contributed by atoms with Crippen molar-refractivity contribution in [3.8, 4) is 11.5 Å². The SMILES string of the molecule is COc1ccc(N)cc1NC(=O)c1cccc(O)c1C. The molecule has 104 valence electrons. The van der Waals surface area contributed by atoms with Crippen LogP contribution in [0.2, 0.25) is 0 Å². The number of nitrogens with two attached hydrogens (primary N) is 1. The number of nitrogens with one attached hydrogen (secondary N) is 1. The van der Waals surface area contributed by atoms with Crippen LogP contribution in [0.1, 0.15) is 15.9 Å². The first-order chi connectivity index (χ1) is 9.52. The monoisotopic (exact) mass is 272 g/mol. The highest BCUT2D eigenvalue weighted by molar-refractivity contribution is 6.06. The van der Waals surface area contributed by atoms with Crippen molar-refractivity contribution in [3.63, 3.8) is 0 Å². The molecule has 0 aliphatic carbocycles. The Kier molecular flexibility index (Phi) is 3.79. The maximum absolute atomic E-state index is 12.2. The molecule has 0 spiro atoms. The Morgan fingerprint density at radius 3 is 2.75 bits per heavy atom. The van der Waals surface area contributed by atoms with E-state index in [-0.39, 0.29) is 11.7 Å². The molecular formula is C15H16N2O3. The quantitative estimate of drug-likeness (QED) is 0.750. The number of nitrogen functional groups attached to an aromatic ring is 1. The van der Waals surface area contributed by atoms with Crippen LogP contribution in [-0.2, 0) is 0 Å². The Morgan fingerprint density at radius 2 is 2.05 bits per heavy atom. The van der Waals surface area contributed by atoms with Gasteiger partial charge in [-0.3, -0.25) is 4.79 Å². The van der Waals surface area contributed by atoms with Gasteiger partial charge in [-0.15, -0.1) is 0 Å². The second kappa shape index (κ2) is 5.52. The van der Waals surface area contributed by atoms with Gasteiger partial charge in [0.25, 0.3) is 5.91 Å². The van der Waals surface area contributed by atoms with Gasteiger partial charge >= 0.3 is 0 Å². The van der Waals surface area contributed by atoms with Gasteiger partial charge < -0.3 is 20.9 Å². The molecule has 0 unspecified atom stereocenters. The summed E-state index contributed by atoms with van der Waals surface area (Å²) < 4.78 is 5.17. The maximum atomic E-state index is 12.2. The lowest BCUT2D eigenvalue weighted by atomic mass is 10.1. The Bertz CT molecular complexity index is 654. The van der Waals surface area contributed by atoms with Crippen LogP contribution in [-0.4, -0.2) is 18.1 Å². The van der Waals surface area contributed by atoms with Crippen molar-refractivity contribution in [3.05, 3.63) is 47.5 Å². The van der Waals surface area contributed by atoms with Gasteiger partial charge in [0.05, 0.1) is 12.8 Å². The lowest BCUT2D eigenvalue weighted by Gasteiger charge is -2.12. The number of amides is 1. The summed E-state index contributed by atoms with van der Waals surface area (Å²) in [5.41, 5.74) is 7.63. The van der Waals surface area contributed by atoms with E-state index in [1.807, 2.05) is 0 Å². The molecule has 0 saturated carbocycles. The number of methoxy groups -OCH3 is 1. The molecule has 20 heavy (non-hydrogen) atoms. The fourth-order valence-corrected chi connectivity index (χ4v) is 1.88. The first-order valence-corrected chi connectivity index (χ1v) is 6.06. The Balaban J connectivity index is 2.32. The van der Waals surface area contributed by atoms with E-state index in [0.717, 1.165) is 0 Å². The fraction of sp³-hybridized carbons (Fsp3) is 0.133. The second-order valence-corrected chi connectivity index (χ2v) is 4.36. The van der Waals surface area contributed by atoms with Crippen molar-refractivity contribution >= 4 is 17.3 Å². The highest BCUT2D eigenvalue weighted by Gasteiger charge is 2.13. The van der Waals surface area contributed by atoms with Crippen molar-refractivity contribution in [1.29, 1.82) is 0 Å². The number of phenols is 1. The van der Waals surface area contributed by atoms with E-state index in [4.69, 9.17) is 10.5 Å². The van der Waals surface area contributed by atoms with Crippen molar-refractivity contribution in [2.45, 2.75) is 6.92 Å². The first kappa shape index (κ1) is 13.7. The van der Waals surface area contributed by atoms with Crippen LogP contribution in [0, 0.1) is 6.92 Å². The Labute approximate surface area is 117 Å². The summed E-state index contributed by atoms with van der Waals surface area (Å²) in [6.07, 6.45) is 0. The van der Waals surface area contributed by atoms with Gasteiger partial charge in [-0.1, -0.05) is 6.07 Å². The molecule has 0 saturated heterocycles. The summed E-state index contributed by atoms with van der Waals surface area (Å²) in [6, 6.07) is 9.79. The van der Waals surface area contributed by atoms with Crippen LogP contribution in [0.15, 0.2) is 36.4 Å². The molecule has 5 nitrogen and oxygen atoms in total. The zero-order valence-corrected chi connectivity index (χ0v) is 11.3. The van der Waals surface area contributed by atoms with Gasteiger partial charge in [-0.25, -0.2) is 0 Å². The molecule has 2 aromatic carbocycles. The predicted molar refractivity (Wildman–Crippen MR) is 78.2 cm³/mol. The normalized spacial score (nSPS) is 10.1. The molecule has 0 atom stereocenters. The van der Waals surface area contributed by atoms with E-state index in [0.29, 0.717) is 28.3 Å². The number of hydrogen-bond acceptors (Lipinski definition) is 4. The number of benzene rings is 2. The van der Waals surface area contributed by atoms with Crippen LogP contribution in [0.3, 0.4) is 0 Å². The first-order valence-electron chi connectivity index (χ1n) is 6.06. The molecule has 0 aliphatic rings. The van der Waals surface area contributed by atoms with E-state index < -0.39 is 0 Å². The number of phenolic OH excluding ortho intramolecular Hbond substituents is 1. The largest absolute Gasteiger partial charge is 0.508 e. The zero-order chi connectivity index (χ0) is 14.7. The van der Waals surface area contributed by atoms with Crippen molar-refractivity contribution < 1.29 is 14.6 Å². The van der Waals surface area contributed by atoms with Gasteiger partial charge in [0.1, 0.15) is 11.5 Å². The Morgan fingerprint density at radius 1 is 1.30 bits per heavy atom. The molecule has 4 N–H and O–H groups in total. The lowest BCUT2D eigenvalue weighted by Crippen LogP contribution is -2.14. The molecule has 0 heterocycles. The number of ether oxygens (including phenoxy) is 1. The smallest absolute Gasteiger partial charge is 0.256 e. The number of hydrogen-bond donors (Lipinski definition) is 3. The standard InChI is InChI=1S/C15H16N2O3/c1-9-11(4-3-5-13(9)18)15(19)17-12-8-10(16)6-7-14(12)20-2/h3-8,18H,16H2,1-2H3,(H,17,19). The van der Waals surface area contributed by atoms with E-state index in [2.05, 4.69) is 5.32 Å². The maximum Gasteiger partial charge on any atom is 0.256 e. The molecule has 0 fully saturated rings. The molecule has 1 amide bonds. The molecule has 5 heteroatoms. The molecule has 2 rings (SSSR count). The van der Waals surface area contributed by atoms with Crippen LogP contribution < -0.4 is 15.8 Å². The third-order valence-electron chi connectivity index (χ3n) is 3.02. The van der Waals surface area contributed by atoms with E-state index in [1.54, 1.807) is 37.3 Å². The number of carbonyl (C=O) groups excluding carboxylic acids is 1. The minimum Gasteiger partial charge on any atom is -0.508 e.